The van der Waals surface area contributed by atoms with Gasteiger partial charge in [-0.2, -0.15) is 0 Å². The maximum atomic E-state index is 12.0. The Morgan fingerprint density at radius 3 is 2.52 bits per heavy atom. The molecule has 2 rings (SSSR count). The van der Waals surface area contributed by atoms with Gasteiger partial charge < -0.3 is 10.1 Å². The van der Waals surface area contributed by atoms with Gasteiger partial charge in [-0.15, -0.1) is 0 Å². The fourth-order valence-electron chi connectivity index (χ4n) is 2.34. The third-order valence-electron chi connectivity index (χ3n) is 3.71. The van der Waals surface area contributed by atoms with Gasteiger partial charge >= 0.3 is 5.97 Å². The molecule has 2 aromatic carbocycles. The van der Waals surface area contributed by atoms with E-state index in [1.807, 2.05) is 30.3 Å². The first-order valence-corrected chi connectivity index (χ1v) is 8.76. The zero-order valence-corrected chi connectivity index (χ0v) is 15.6. The lowest BCUT2D eigenvalue weighted by molar-refractivity contribution is -0.144. The van der Waals surface area contributed by atoms with E-state index in [4.69, 9.17) is 16.3 Å². The number of Topliss-reactive ketones (excluding diaryl/α,β-unsaturated/α-hetero) is 1. The van der Waals surface area contributed by atoms with E-state index in [-0.39, 0.29) is 5.78 Å². The molecule has 27 heavy (non-hydrogen) atoms. The van der Waals surface area contributed by atoms with Gasteiger partial charge in [0.15, 0.2) is 12.4 Å². The van der Waals surface area contributed by atoms with E-state index in [1.165, 1.54) is 13.0 Å². The maximum absolute atomic E-state index is 12.0. The molecule has 0 aliphatic carbocycles. The minimum absolute atomic E-state index is 0.167. The van der Waals surface area contributed by atoms with Crippen LogP contribution in [0.25, 0.3) is 6.08 Å². The molecule has 0 aromatic heterocycles. The van der Waals surface area contributed by atoms with E-state index in [0.29, 0.717) is 11.4 Å². The Hall–Kier alpha value is -2.92. The second kappa shape index (κ2) is 10.3. The number of hydrogen-bond donors (Lipinski definition) is 1. The molecule has 1 N–H and O–H groups in total. The predicted octanol–water partition coefficient (Wildman–Crippen LogP) is 3.21. The van der Waals surface area contributed by atoms with E-state index in [9.17, 15) is 14.4 Å². The molecule has 0 aliphatic heterocycles. The molecule has 5 nitrogen and oxygen atoms in total. The Kier molecular flexibility index (Phi) is 7.77. The Balaban J connectivity index is 1.82. The molecule has 0 aliphatic rings. The zero-order valence-electron chi connectivity index (χ0n) is 14.9. The van der Waals surface area contributed by atoms with Crippen molar-refractivity contribution in [3.63, 3.8) is 0 Å². The Morgan fingerprint density at radius 2 is 1.85 bits per heavy atom. The normalized spacial score (nSPS) is 11.8. The summed E-state index contributed by atoms with van der Waals surface area (Å²) in [4.78, 5) is 35.5. The van der Waals surface area contributed by atoms with Crippen molar-refractivity contribution in [2.75, 3.05) is 6.61 Å². The summed E-state index contributed by atoms with van der Waals surface area (Å²) in [5.74, 6) is -1.36. The number of nitrogens with one attached hydrogen (secondary N) is 1. The first kappa shape index (κ1) is 20.4. The van der Waals surface area contributed by atoms with Crippen LogP contribution in [0.2, 0.25) is 5.02 Å². The standard InChI is InChI=1S/C21H20ClNO4/c1-15(24)19(13-16-6-3-2-4-7-16)23-20(25)14-27-21(26)11-10-17-8-5-9-18(22)12-17/h2-12,19H,13-14H2,1H3,(H,23,25)/b11-10-/t19-/m1/s1. The summed E-state index contributed by atoms with van der Waals surface area (Å²) in [6.07, 6.45) is 3.13. The molecule has 0 heterocycles. The molecule has 6 heteroatoms. The summed E-state index contributed by atoms with van der Waals surface area (Å²) < 4.78 is 4.90. The van der Waals surface area contributed by atoms with Crippen LogP contribution in [0, 0.1) is 0 Å². The predicted molar refractivity (Wildman–Crippen MR) is 104 cm³/mol. The summed E-state index contributed by atoms with van der Waals surface area (Å²) in [5.41, 5.74) is 1.67. The second-order valence-corrected chi connectivity index (χ2v) is 6.35. The van der Waals surface area contributed by atoms with Gasteiger partial charge in [-0.25, -0.2) is 4.79 Å². The Bertz CT molecular complexity index is 833. The summed E-state index contributed by atoms with van der Waals surface area (Å²) in [7, 11) is 0. The van der Waals surface area contributed by atoms with Crippen molar-refractivity contribution >= 4 is 35.3 Å². The molecule has 0 unspecified atom stereocenters. The van der Waals surface area contributed by atoms with Crippen molar-refractivity contribution in [3.8, 4) is 0 Å². The van der Waals surface area contributed by atoms with Gasteiger partial charge in [0.05, 0.1) is 6.04 Å². The molecule has 0 spiro atoms. The molecule has 0 saturated heterocycles. The smallest absolute Gasteiger partial charge is 0.331 e. The third kappa shape index (κ3) is 7.46. The van der Waals surface area contributed by atoms with E-state index < -0.39 is 24.5 Å². The second-order valence-electron chi connectivity index (χ2n) is 5.92. The van der Waals surface area contributed by atoms with Gasteiger partial charge in [0.2, 0.25) is 0 Å². The van der Waals surface area contributed by atoms with Gasteiger partial charge in [0, 0.05) is 11.1 Å². The summed E-state index contributed by atoms with van der Waals surface area (Å²) >= 11 is 5.86. The number of hydrogen-bond acceptors (Lipinski definition) is 4. The van der Waals surface area contributed by atoms with Gasteiger partial charge in [-0.1, -0.05) is 54.1 Å². The number of benzene rings is 2. The largest absolute Gasteiger partial charge is 0.452 e. The molecule has 2 aromatic rings. The Labute approximate surface area is 163 Å². The number of rotatable bonds is 8. The van der Waals surface area contributed by atoms with Crippen molar-refractivity contribution < 1.29 is 19.1 Å². The molecular formula is C21H20ClNO4. The van der Waals surface area contributed by atoms with E-state index in [2.05, 4.69) is 5.32 Å². The van der Waals surface area contributed by atoms with Crippen molar-refractivity contribution in [2.45, 2.75) is 19.4 Å². The topological polar surface area (TPSA) is 72.5 Å². The average molecular weight is 386 g/mol. The van der Waals surface area contributed by atoms with Crippen LogP contribution in [-0.2, 0) is 25.5 Å². The van der Waals surface area contributed by atoms with Gasteiger partial charge in [0.25, 0.3) is 5.91 Å². The van der Waals surface area contributed by atoms with Gasteiger partial charge in [-0.3, -0.25) is 9.59 Å². The highest BCUT2D eigenvalue weighted by Gasteiger charge is 2.18. The summed E-state index contributed by atoms with van der Waals surface area (Å²) in [6.45, 7) is 0.949. The van der Waals surface area contributed by atoms with E-state index in [1.54, 1.807) is 30.3 Å². The van der Waals surface area contributed by atoms with Crippen LogP contribution in [0.5, 0.6) is 0 Å². The fourth-order valence-corrected chi connectivity index (χ4v) is 2.54. The number of ether oxygens (including phenoxy) is 1. The number of carbonyl (C=O) groups is 3. The molecule has 0 radical (unpaired) electrons. The molecule has 0 fully saturated rings. The van der Waals surface area contributed by atoms with Gasteiger partial charge in [-0.05, 0) is 42.7 Å². The number of halogens is 1. The minimum Gasteiger partial charge on any atom is -0.452 e. The van der Waals surface area contributed by atoms with Crippen LogP contribution in [-0.4, -0.2) is 30.3 Å². The van der Waals surface area contributed by atoms with Crippen LogP contribution in [0.15, 0.2) is 60.7 Å². The highest BCUT2D eigenvalue weighted by molar-refractivity contribution is 6.30. The van der Waals surface area contributed by atoms with Crippen LogP contribution in [0.3, 0.4) is 0 Å². The average Bonchev–Trinajstić information content (AvgIpc) is 2.65. The lowest BCUT2D eigenvalue weighted by atomic mass is 10.0. The number of esters is 1. The first-order valence-electron chi connectivity index (χ1n) is 8.38. The maximum Gasteiger partial charge on any atom is 0.331 e. The molecule has 140 valence electrons. The SMILES string of the molecule is CC(=O)[C@@H](Cc1ccccc1)NC(=O)COC(=O)/C=C\c1cccc(Cl)c1. The molecule has 0 saturated carbocycles. The van der Waals surface area contributed by atoms with Gasteiger partial charge in [0.1, 0.15) is 0 Å². The third-order valence-corrected chi connectivity index (χ3v) is 3.95. The number of ketones is 1. The molecule has 0 bridgehead atoms. The van der Waals surface area contributed by atoms with E-state index >= 15 is 0 Å². The molecule has 1 atom stereocenters. The monoisotopic (exact) mass is 385 g/mol. The van der Waals surface area contributed by atoms with Crippen molar-refractivity contribution in [1.29, 1.82) is 0 Å². The zero-order chi connectivity index (χ0) is 19.6. The quantitative estimate of drug-likeness (QED) is 0.559. The lowest BCUT2D eigenvalue weighted by Gasteiger charge is -2.16. The van der Waals surface area contributed by atoms with Crippen molar-refractivity contribution in [2.24, 2.45) is 0 Å². The fraction of sp³-hybridized carbons (Fsp3) is 0.190. The summed E-state index contributed by atoms with van der Waals surface area (Å²) in [5, 5.41) is 3.15. The first-order chi connectivity index (χ1) is 12.9. The minimum atomic E-state index is -0.666. The lowest BCUT2D eigenvalue weighted by Crippen LogP contribution is -2.43. The van der Waals surface area contributed by atoms with Crippen LogP contribution in [0.4, 0.5) is 0 Å². The van der Waals surface area contributed by atoms with Crippen LogP contribution >= 0.6 is 11.6 Å². The molecular weight excluding hydrogens is 366 g/mol. The van der Waals surface area contributed by atoms with Crippen LogP contribution in [0.1, 0.15) is 18.1 Å². The Morgan fingerprint density at radius 1 is 1.11 bits per heavy atom. The highest BCUT2D eigenvalue weighted by atomic mass is 35.5. The molecule has 1 amide bonds. The van der Waals surface area contributed by atoms with E-state index in [0.717, 1.165) is 11.1 Å². The number of amides is 1. The highest BCUT2D eigenvalue weighted by Crippen LogP contribution is 2.11. The number of carbonyl (C=O) groups excluding carboxylic acids is 3. The summed E-state index contributed by atoms with van der Waals surface area (Å²) in [6, 6.07) is 15.7. The van der Waals surface area contributed by atoms with Crippen molar-refractivity contribution in [1.82, 2.24) is 5.32 Å². The van der Waals surface area contributed by atoms with Crippen molar-refractivity contribution in [3.05, 3.63) is 76.8 Å². The van der Waals surface area contributed by atoms with Crippen LogP contribution < -0.4 is 5.32 Å².